The van der Waals surface area contributed by atoms with E-state index in [4.69, 9.17) is 43.6 Å². The van der Waals surface area contributed by atoms with Crippen molar-refractivity contribution in [2.24, 2.45) is 17.6 Å². The standard InChI is InChI=1S/C40H61NO11/c1-20-11-25-5-7-30-21(2)12-27(46-30)9-10-40-18-29(44)38(52-40)35-17-36(51-40)39-31(49-35)8-6-26(48-39)13-23(42)14-28-33(16-32(47-25)22(20)3)50-34(37(28)45-4)15-24(43)19-41/h20,24-39,43-44H,2-3,5-19,41H2,1,4H3/t20-,24?,25+,26?,27?,28?,29-,30?,31+,32?,33+,34-,35-,36?,37-,38?,39+,40-/m1/s1. The van der Waals surface area contributed by atoms with Crippen molar-refractivity contribution in [3.8, 4) is 0 Å². The number of rotatable bonds is 4. The van der Waals surface area contributed by atoms with Gasteiger partial charge in [-0.3, -0.25) is 4.79 Å². The Hall–Kier alpha value is -1.29. The van der Waals surface area contributed by atoms with Crippen molar-refractivity contribution in [3.63, 3.8) is 0 Å². The van der Waals surface area contributed by atoms with Gasteiger partial charge in [0.25, 0.3) is 0 Å². The van der Waals surface area contributed by atoms with Crippen LogP contribution in [0.2, 0.25) is 0 Å². The third-order valence-corrected chi connectivity index (χ3v) is 13.6. The molecule has 8 heterocycles. The summed E-state index contributed by atoms with van der Waals surface area (Å²) >= 11 is 0. The second kappa shape index (κ2) is 15.3. The molecule has 292 valence electrons. The highest BCUT2D eigenvalue weighted by molar-refractivity contribution is 5.79. The van der Waals surface area contributed by atoms with Crippen molar-refractivity contribution in [1.29, 1.82) is 0 Å². The summed E-state index contributed by atoms with van der Waals surface area (Å²) in [5.41, 5.74) is 7.96. The highest BCUT2D eigenvalue weighted by Gasteiger charge is 2.59. The molecule has 8 saturated heterocycles. The average molecular weight is 732 g/mol. The van der Waals surface area contributed by atoms with Gasteiger partial charge in [-0.25, -0.2) is 0 Å². The molecule has 1 spiro atoms. The van der Waals surface area contributed by atoms with Gasteiger partial charge in [0.15, 0.2) is 5.79 Å². The van der Waals surface area contributed by atoms with Crippen LogP contribution < -0.4 is 5.73 Å². The first-order valence-electron chi connectivity index (χ1n) is 20.1. The van der Waals surface area contributed by atoms with Crippen LogP contribution in [0, 0.1) is 11.8 Å². The van der Waals surface area contributed by atoms with E-state index in [0.717, 1.165) is 49.7 Å². The first kappa shape index (κ1) is 37.6. The topological polar surface area (TPSA) is 157 Å². The van der Waals surface area contributed by atoms with Gasteiger partial charge in [0, 0.05) is 64.5 Å². The van der Waals surface area contributed by atoms with E-state index in [-0.39, 0.29) is 104 Å². The Kier molecular flexibility index (Phi) is 11.1. The maximum Gasteiger partial charge on any atom is 0.172 e. The summed E-state index contributed by atoms with van der Waals surface area (Å²) in [4.78, 5) is 14.0. The van der Waals surface area contributed by atoms with E-state index >= 15 is 0 Å². The lowest BCUT2D eigenvalue weighted by atomic mass is 9.81. The van der Waals surface area contributed by atoms with Crippen LogP contribution in [-0.2, 0) is 42.7 Å². The Balaban J connectivity index is 1.06. The zero-order valence-electron chi connectivity index (χ0n) is 31.0. The molecule has 0 aliphatic carbocycles. The molecule has 4 N–H and O–H groups in total. The van der Waals surface area contributed by atoms with E-state index in [9.17, 15) is 15.0 Å². The molecule has 12 heteroatoms. The van der Waals surface area contributed by atoms with Crippen LogP contribution in [0.15, 0.2) is 24.3 Å². The Morgan fingerprint density at radius 2 is 1.63 bits per heavy atom. The number of carbonyl (C=O) groups is 1. The Bertz CT molecular complexity index is 1330. The Labute approximate surface area is 308 Å². The molecule has 8 unspecified atom stereocenters. The molecule has 10 bridgehead atoms. The summed E-state index contributed by atoms with van der Waals surface area (Å²) in [5.74, 6) is -0.819. The van der Waals surface area contributed by atoms with Crippen LogP contribution >= 0.6 is 0 Å². The number of ketones is 1. The number of aliphatic hydroxyl groups is 2. The van der Waals surface area contributed by atoms with Gasteiger partial charge in [0.05, 0.1) is 79.4 Å². The number of hydrogen-bond donors (Lipinski definition) is 3. The van der Waals surface area contributed by atoms with E-state index in [0.29, 0.717) is 38.5 Å². The van der Waals surface area contributed by atoms with Crippen LogP contribution in [0.25, 0.3) is 0 Å². The fraction of sp³-hybridized carbons (Fsp3) is 0.875. The van der Waals surface area contributed by atoms with E-state index in [1.165, 1.54) is 0 Å². The van der Waals surface area contributed by atoms with Crippen LogP contribution in [0.4, 0.5) is 0 Å². The highest BCUT2D eigenvalue weighted by Crippen LogP contribution is 2.49. The predicted molar refractivity (Wildman–Crippen MR) is 188 cm³/mol. The monoisotopic (exact) mass is 731 g/mol. The zero-order valence-corrected chi connectivity index (χ0v) is 31.0. The number of carbonyl (C=O) groups excluding carboxylic acids is 1. The van der Waals surface area contributed by atoms with Gasteiger partial charge in [-0.2, -0.15) is 0 Å². The molecule has 0 aromatic rings. The zero-order chi connectivity index (χ0) is 36.3. The van der Waals surface area contributed by atoms with Crippen molar-refractivity contribution in [2.75, 3.05) is 13.7 Å². The van der Waals surface area contributed by atoms with Gasteiger partial charge in [-0.15, -0.1) is 0 Å². The number of ether oxygens (including phenoxy) is 8. The molecule has 8 aliphatic heterocycles. The largest absolute Gasteiger partial charge is 0.392 e. The molecule has 0 aromatic carbocycles. The van der Waals surface area contributed by atoms with Crippen LogP contribution in [-0.4, -0.2) is 127 Å². The third-order valence-electron chi connectivity index (χ3n) is 13.6. The Morgan fingerprint density at radius 3 is 2.44 bits per heavy atom. The lowest BCUT2D eigenvalue weighted by Crippen LogP contribution is -2.58. The number of nitrogens with two attached hydrogens (primary N) is 1. The van der Waals surface area contributed by atoms with Crippen molar-refractivity contribution in [3.05, 3.63) is 24.3 Å². The molecule has 8 aliphatic rings. The van der Waals surface area contributed by atoms with Crippen LogP contribution in [0.5, 0.6) is 0 Å². The van der Waals surface area contributed by atoms with Crippen LogP contribution in [0.1, 0.15) is 96.8 Å². The first-order chi connectivity index (χ1) is 25.0. The molecule has 0 aromatic heterocycles. The second-order valence-electron chi connectivity index (χ2n) is 17.2. The number of aliphatic hydroxyl groups excluding tert-OH is 2. The smallest absolute Gasteiger partial charge is 0.172 e. The third kappa shape index (κ3) is 7.48. The Morgan fingerprint density at radius 1 is 0.846 bits per heavy atom. The highest BCUT2D eigenvalue weighted by atomic mass is 16.7. The number of hydrogen-bond acceptors (Lipinski definition) is 12. The first-order valence-corrected chi connectivity index (χ1v) is 20.1. The van der Waals surface area contributed by atoms with E-state index in [1.54, 1.807) is 7.11 Å². The summed E-state index contributed by atoms with van der Waals surface area (Å²) < 4.78 is 52.9. The molecular weight excluding hydrogens is 670 g/mol. The fourth-order valence-corrected chi connectivity index (χ4v) is 10.8. The quantitative estimate of drug-likeness (QED) is 0.363. The van der Waals surface area contributed by atoms with E-state index < -0.39 is 30.2 Å². The van der Waals surface area contributed by atoms with Gasteiger partial charge in [0.1, 0.15) is 18.0 Å². The number of methoxy groups -OCH3 is 1. The molecule has 52 heavy (non-hydrogen) atoms. The maximum absolute atomic E-state index is 14.0. The summed E-state index contributed by atoms with van der Waals surface area (Å²) in [6.45, 7) is 11.2. The van der Waals surface area contributed by atoms with Gasteiger partial charge in [0.2, 0.25) is 0 Å². The van der Waals surface area contributed by atoms with Crippen molar-refractivity contribution in [1.82, 2.24) is 0 Å². The summed E-state index contributed by atoms with van der Waals surface area (Å²) in [5, 5.41) is 21.7. The van der Waals surface area contributed by atoms with Crippen molar-refractivity contribution >= 4 is 5.78 Å². The summed E-state index contributed by atoms with van der Waals surface area (Å²) in [6.07, 6.45) is 3.90. The molecule has 0 saturated carbocycles. The number of Topliss-reactive ketones (excluding diaryl/α,β-unsaturated/α-hetero) is 1. The molecule has 18 atom stereocenters. The minimum atomic E-state index is -0.947. The van der Waals surface area contributed by atoms with Gasteiger partial charge < -0.3 is 53.8 Å². The molecule has 8 rings (SSSR count). The van der Waals surface area contributed by atoms with Gasteiger partial charge >= 0.3 is 0 Å². The SMILES string of the molecule is C=C1CC2CC[C@]34C[C@@H](O)C(O3)[C@H]3CC(O4)[C@H]4OC(CC[C@@H]4O3)CC(=O)CC3[C@H](CC4O[C@@H](CCC1O2)C[C@@H](C)C4=C)O[C@H](CC(O)CN)[C@@H]3OC. The van der Waals surface area contributed by atoms with E-state index in [1.807, 2.05) is 0 Å². The van der Waals surface area contributed by atoms with Gasteiger partial charge in [-0.1, -0.05) is 20.1 Å². The molecule has 0 amide bonds. The lowest BCUT2D eigenvalue weighted by Gasteiger charge is -2.47. The second-order valence-corrected chi connectivity index (χ2v) is 17.2. The number of fused-ring (bicyclic) bond motifs is 9. The minimum Gasteiger partial charge on any atom is -0.392 e. The minimum absolute atomic E-state index is 0.00397. The van der Waals surface area contributed by atoms with Gasteiger partial charge in [-0.05, 0) is 62.0 Å². The molecule has 8 fully saturated rings. The summed E-state index contributed by atoms with van der Waals surface area (Å²) in [7, 11) is 1.65. The molecule has 12 nitrogen and oxygen atoms in total. The van der Waals surface area contributed by atoms with Crippen molar-refractivity contribution in [2.45, 2.75) is 194 Å². The normalized spacial score (nSPS) is 50.4. The average Bonchev–Trinajstić information content (AvgIpc) is 3.72. The summed E-state index contributed by atoms with van der Waals surface area (Å²) in [6, 6.07) is 0. The maximum atomic E-state index is 14.0. The lowest BCUT2D eigenvalue weighted by molar-refractivity contribution is -0.277. The van der Waals surface area contributed by atoms with Crippen LogP contribution in [0.3, 0.4) is 0 Å². The fourth-order valence-electron chi connectivity index (χ4n) is 10.8. The van der Waals surface area contributed by atoms with Crippen molar-refractivity contribution < 1.29 is 52.9 Å². The predicted octanol–water partition coefficient (Wildman–Crippen LogP) is 3.42. The van der Waals surface area contributed by atoms with E-state index in [2.05, 4.69) is 20.1 Å². The molecule has 0 radical (unpaired) electrons. The molecular formula is C40H61NO11.